The molecular weight excluding hydrogens is 324 g/mol. The molecule has 1 aromatic carbocycles. The number of hydrogen-bond donors (Lipinski definition) is 6. The van der Waals surface area contributed by atoms with Gasteiger partial charge in [0.25, 0.3) is 0 Å². The Hall–Kier alpha value is -2.98. The van der Waals surface area contributed by atoms with Crippen molar-refractivity contribution in [1.82, 2.24) is 21.8 Å². The molecule has 3 rings (SSSR count). The van der Waals surface area contributed by atoms with Gasteiger partial charge in [-0.15, -0.1) is 10.6 Å². The van der Waals surface area contributed by atoms with Crippen molar-refractivity contribution in [2.45, 2.75) is 25.9 Å². The number of guanidine groups is 1. The first-order chi connectivity index (χ1) is 12.0. The SMILES string of the molecule is COc1cc(C(C)C)c(OC2=CNC(N)=NC2N)cc1C1=NNNN1. The van der Waals surface area contributed by atoms with Gasteiger partial charge in [0.1, 0.15) is 11.5 Å². The van der Waals surface area contributed by atoms with Crippen molar-refractivity contribution in [1.29, 1.82) is 0 Å². The van der Waals surface area contributed by atoms with Crippen molar-refractivity contribution in [2.24, 2.45) is 21.6 Å². The first-order valence-corrected chi connectivity index (χ1v) is 7.79. The summed E-state index contributed by atoms with van der Waals surface area (Å²) in [7, 11) is 1.61. The number of hydrogen-bond acceptors (Lipinski definition) is 10. The molecule has 2 aliphatic heterocycles. The summed E-state index contributed by atoms with van der Waals surface area (Å²) in [5.41, 5.74) is 21.5. The van der Waals surface area contributed by atoms with E-state index in [1.165, 1.54) is 0 Å². The Morgan fingerprint density at radius 3 is 2.64 bits per heavy atom. The highest BCUT2D eigenvalue weighted by Crippen LogP contribution is 2.35. The molecule has 8 N–H and O–H groups in total. The largest absolute Gasteiger partial charge is 0.496 e. The van der Waals surface area contributed by atoms with Crippen LogP contribution >= 0.6 is 0 Å². The number of nitrogens with two attached hydrogens (primary N) is 2. The van der Waals surface area contributed by atoms with Gasteiger partial charge in [0.15, 0.2) is 23.7 Å². The maximum atomic E-state index is 6.04. The van der Waals surface area contributed by atoms with E-state index in [1.54, 1.807) is 13.3 Å². The van der Waals surface area contributed by atoms with E-state index in [2.05, 4.69) is 45.8 Å². The molecule has 25 heavy (non-hydrogen) atoms. The normalized spacial score (nSPS) is 19.2. The Kier molecular flexibility index (Phi) is 4.63. The third-order valence-electron chi connectivity index (χ3n) is 3.77. The smallest absolute Gasteiger partial charge is 0.194 e. The van der Waals surface area contributed by atoms with E-state index in [9.17, 15) is 0 Å². The van der Waals surface area contributed by atoms with Gasteiger partial charge in [0.2, 0.25) is 0 Å². The fraction of sp³-hybridized carbons (Fsp3) is 0.333. The van der Waals surface area contributed by atoms with Crippen molar-refractivity contribution in [3.8, 4) is 11.5 Å². The van der Waals surface area contributed by atoms with Gasteiger partial charge in [0, 0.05) is 11.8 Å². The fourth-order valence-corrected chi connectivity index (χ4v) is 2.49. The minimum atomic E-state index is -0.669. The monoisotopic (exact) mass is 346 g/mol. The molecule has 1 aromatic rings. The number of aliphatic imine (C=N–C) groups is 1. The van der Waals surface area contributed by atoms with Gasteiger partial charge < -0.3 is 26.3 Å². The Bertz CT molecular complexity index is 756. The van der Waals surface area contributed by atoms with Crippen LogP contribution in [0.3, 0.4) is 0 Å². The van der Waals surface area contributed by atoms with Crippen molar-refractivity contribution in [3.05, 3.63) is 35.2 Å². The van der Waals surface area contributed by atoms with Crippen LogP contribution in [0.25, 0.3) is 0 Å². The molecule has 0 aromatic heterocycles. The van der Waals surface area contributed by atoms with Crippen molar-refractivity contribution in [3.63, 3.8) is 0 Å². The molecule has 10 nitrogen and oxygen atoms in total. The van der Waals surface area contributed by atoms with E-state index in [-0.39, 0.29) is 11.9 Å². The van der Waals surface area contributed by atoms with Gasteiger partial charge in [0.05, 0.1) is 12.7 Å². The second-order valence-corrected chi connectivity index (χ2v) is 5.82. The number of methoxy groups -OCH3 is 1. The highest BCUT2D eigenvalue weighted by atomic mass is 16.5. The molecule has 0 radical (unpaired) electrons. The number of rotatable bonds is 5. The third-order valence-corrected chi connectivity index (χ3v) is 3.77. The van der Waals surface area contributed by atoms with Gasteiger partial charge in [-0.25, -0.2) is 10.5 Å². The molecule has 0 bridgehead atoms. The summed E-state index contributed by atoms with van der Waals surface area (Å²) < 4.78 is 11.5. The van der Waals surface area contributed by atoms with Crippen molar-refractivity contribution in [2.75, 3.05) is 7.11 Å². The van der Waals surface area contributed by atoms with Crippen LogP contribution in [0.2, 0.25) is 0 Å². The number of nitrogens with zero attached hydrogens (tertiary/aromatic N) is 2. The zero-order valence-corrected chi connectivity index (χ0v) is 14.3. The van der Waals surface area contributed by atoms with Crippen molar-refractivity contribution < 1.29 is 9.47 Å². The Morgan fingerprint density at radius 2 is 2.04 bits per heavy atom. The number of hydrazone groups is 1. The average Bonchev–Trinajstić information content (AvgIpc) is 3.11. The average molecular weight is 346 g/mol. The predicted octanol–water partition coefficient (Wildman–Crippen LogP) is -0.484. The Labute approximate surface area is 145 Å². The predicted molar refractivity (Wildman–Crippen MR) is 94.5 cm³/mol. The first kappa shape index (κ1) is 16.9. The first-order valence-electron chi connectivity index (χ1n) is 7.79. The molecule has 0 saturated heterocycles. The zero-order chi connectivity index (χ0) is 18.0. The van der Waals surface area contributed by atoms with Crippen LogP contribution in [0.15, 0.2) is 34.2 Å². The lowest BCUT2D eigenvalue weighted by atomic mass is 9.99. The summed E-state index contributed by atoms with van der Waals surface area (Å²) in [5.74, 6) is 2.82. The molecule has 2 aliphatic rings. The molecule has 10 heteroatoms. The second-order valence-electron chi connectivity index (χ2n) is 5.82. The van der Waals surface area contributed by atoms with Gasteiger partial charge in [-0.1, -0.05) is 13.8 Å². The lowest BCUT2D eigenvalue weighted by molar-refractivity contribution is 0.370. The second kappa shape index (κ2) is 6.87. The third kappa shape index (κ3) is 3.44. The maximum Gasteiger partial charge on any atom is 0.194 e. The standard InChI is InChI=1S/C15H22N8O2/c1-7(2)8-4-10(24-3)9(14-20-22-23-21-14)5-11(8)25-12-6-18-15(17)19-13(12)16/h4-7,13,22-23H,16H2,1-3H3,(H,20,21)(H3,17,18,19). The summed E-state index contributed by atoms with van der Waals surface area (Å²) in [4.78, 5) is 4.06. The van der Waals surface area contributed by atoms with Crippen LogP contribution in [-0.4, -0.2) is 25.1 Å². The minimum Gasteiger partial charge on any atom is -0.496 e. The molecule has 0 fully saturated rings. The quantitative estimate of drug-likeness (QED) is 0.419. The van der Waals surface area contributed by atoms with E-state index in [1.807, 2.05) is 12.1 Å². The van der Waals surface area contributed by atoms with Crippen LogP contribution in [0.1, 0.15) is 30.9 Å². The maximum absolute atomic E-state index is 6.04. The minimum absolute atomic E-state index is 0.203. The molecule has 0 saturated carbocycles. The lowest BCUT2D eigenvalue weighted by Crippen LogP contribution is -2.39. The Morgan fingerprint density at radius 1 is 1.24 bits per heavy atom. The lowest BCUT2D eigenvalue weighted by Gasteiger charge is -2.22. The highest BCUT2D eigenvalue weighted by Gasteiger charge is 2.22. The molecular formula is C15H22N8O2. The van der Waals surface area contributed by atoms with Gasteiger partial charge >= 0.3 is 0 Å². The van der Waals surface area contributed by atoms with E-state index in [4.69, 9.17) is 20.9 Å². The number of nitrogens with one attached hydrogen (secondary N) is 4. The van der Waals surface area contributed by atoms with Crippen LogP contribution in [0.4, 0.5) is 0 Å². The van der Waals surface area contributed by atoms with Crippen LogP contribution in [0, 0.1) is 0 Å². The van der Waals surface area contributed by atoms with Gasteiger partial charge in [-0.05, 0) is 18.1 Å². The zero-order valence-electron chi connectivity index (χ0n) is 14.3. The summed E-state index contributed by atoms with van der Waals surface area (Å²) in [6.45, 7) is 4.14. The number of ether oxygens (including phenoxy) is 2. The van der Waals surface area contributed by atoms with Crippen LogP contribution < -0.4 is 42.8 Å². The van der Waals surface area contributed by atoms with Crippen LogP contribution in [-0.2, 0) is 0 Å². The van der Waals surface area contributed by atoms with Gasteiger partial charge in [-0.2, -0.15) is 0 Å². The fourth-order valence-electron chi connectivity index (χ4n) is 2.49. The van der Waals surface area contributed by atoms with Gasteiger partial charge in [-0.3, -0.25) is 5.43 Å². The Balaban J connectivity index is 2.00. The molecule has 0 amide bonds. The van der Waals surface area contributed by atoms with Crippen LogP contribution in [0.5, 0.6) is 11.5 Å². The number of benzene rings is 1. The summed E-state index contributed by atoms with van der Waals surface area (Å²) in [6, 6.07) is 3.78. The number of hydrazine groups is 2. The molecule has 0 aliphatic carbocycles. The summed E-state index contributed by atoms with van der Waals surface area (Å²) in [6.07, 6.45) is 0.937. The van der Waals surface area contributed by atoms with E-state index in [0.717, 1.165) is 11.1 Å². The van der Waals surface area contributed by atoms with E-state index < -0.39 is 6.17 Å². The van der Waals surface area contributed by atoms with E-state index in [0.29, 0.717) is 23.1 Å². The molecule has 1 unspecified atom stereocenters. The van der Waals surface area contributed by atoms with E-state index >= 15 is 0 Å². The molecule has 0 spiro atoms. The summed E-state index contributed by atoms with van der Waals surface area (Å²) in [5, 5.41) is 6.92. The molecule has 134 valence electrons. The van der Waals surface area contributed by atoms with Crippen molar-refractivity contribution >= 4 is 11.8 Å². The topological polar surface area (TPSA) is 143 Å². The molecule has 1 atom stereocenters. The molecule has 2 heterocycles. The summed E-state index contributed by atoms with van der Waals surface area (Å²) >= 11 is 0. The highest BCUT2D eigenvalue weighted by molar-refractivity contribution is 6.01. The number of amidine groups is 1.